The van der Waals surface area contributed by atoms with Crippen LogP contribution >= 0.6 is 22.6 Å². The summed E-state index contributed by atoms with van der Waals surface area (Å²) in [6.07, 6.45) is 3.43. The van der Waals surface area contributed by atoms with E-state index >= 15 is 0 Å². The van der Waals surface area contributed by atoms with Crippen LogP contribution in [0.25, 0.3) is 0 Å². The third kappa shape index (κ3) is 2.35. The van der Waals surface area contributed by atoms with Crippen LogP contribution in [0.3, 0.4) is 0 Å². The van der Waals surface area contributed by atoms with Crippen LogP contribution in [0.15, 0.2) is 16.5 Å². The number of amides is 1. The van der Waals surface area contributed by atoms with Crippen molar-refractivity contribution in [3.63, 3.8) is 0 Å². The average molecular weight is 319 g/mol. The molecule has 3 nitrogen and oxygen atoms in total. The zero-order valence-electron chi connectivity index (χ0n) is 8.70. The van der Waals surface area contributed by atoms with Crippen LogP contribution < -0.4 is 0 Å². The molecule has 0 saturated carbocycles. The van der Waals surface area contributed by atoms with Gasteiger partial charge >= 0.3 is 0 Å². The molecular formula is C11H14INO2. The first kappa shape index (κ1) is 11.0. The fraction of sp³-hybridized carbons (Fsp3) is 0.545. The predicted octanol–water partition coefficient (Wildman–Crippen LogP) is 2.90. The molecule has 1 aromatic rings. The van der Waals surface area contributed by atoms with Crippen LogP contribution in [0, 0.1) is 3.77 Å². The van der Waals surface area contributed by atoms with E-state index in [9.17, 15) is 4.79 Å². The predicted molar refractivity (Wildman–Crippen MR) is 65.8 cm³/mol. The van der Waals surface area contributed by atoms with Gasteiger partial charge in [-0.15, -0.1) is 0 Å². The summed E-state index contributed by atoms with van der Waals surface area (Å²) in [5.41, 5.74) is 0. The van der Waals surface area contributed by atoms with Crippen molar-refractivity contribution >= 4 is 28.5 Å². The van der Waals surface area contributed by atoms with Gasteiger partial charge in [0, 0.05) is 12.6 Å². The van der Waals surface area contributed by atoms with Gasteiger partial charge in [-0.25, -0.2) is 0 Å². The van der Waals surface area contributed by atoms with Gasteiger partial charge in [0.2, 0.25) is 0 Å². The molecule has 0 aromatic carbocycles. The third-order valence-electron chi connectivity index (χ3n) is 2.85. The quantitative estimate of drug-likeness (QED) is 0.746. The molecule has 4 heteroatoms. The maximum Gasteiger partial charge on any atom is 0.289 e. The van der Waals surface area contributed by atoms with Gasteiger partial charge in [-0.3, -0.25) is 4.79 Å². The van der Waals surface area contributed by atoms with Crippen molar-refractivity contribution in [3.05, 3.63) is 21.7 Å². The molecule has 82 valence electrons. The molecule has 1 aliphatic heterocycles. The van der Waals surface area contributed by atoms with E-state index in [0.717, 1.165) is 23.2 Å². The van der Waals surface area contributed by atoms with E-state index in [4.69, 9.17) is 4.42 Å². The molecule has 1 aliphatic rings. The summed E-state index contributed by atoms with van der Waals surface area (Å²) in [5, 5.41) is 0. The van der Waals surface area contributed by atoms with Crippen molar-refractivity contribution in [2.75, 3.05) is 6.54 Å². The Kier molecular flexibility index (Phi) is 3.33. The lowest BCUT2D eigenvalue weighted by Crippen LogP contribution is -2.41. The summed E-state index contributed by atoms with van der Waals surface area (Å²) in [6.45, 7) is 2.96. The fourth-order valence-electron chi connectivity index (χ4n) is 1.97. The first-order chi connectivity index (χ1) is 7.18. The van der Waals surface area contributed by atoms with Crippen LogP contribution in [0.4, 0.5) is 0 Å². The number of hydrogen-bond acceptors (Lipinski definition) is 2. The molecule has 15 heavy (non-hydrogen) atoms. The smallest absolute Gasteiger partial charge is 0.289 e. The SMILES string of the molecule is CC1CCCCN1C(=O)c1ccc(I)o1. The number of piperidine rings is 1. The van der Waals surface area contributed by atoms with E-state index in [1.807, 2.05) is 11.0 Å². The van der Waals surface area contributed by atoms with Crippen LogP contribution in [-0.4, -0.2) is 23.4 Å². The zero-order valence-corrected chi connectivity index (χ0v) is 10.9. The number of halogens is 1. The van der Waals surface area contributed by atoms with Gasteiger partial charge in [-0.05, 0) is 60.9 Å². The van der Waals surface area contributed by atoms with Gasteiger partial charge in [0.05, 0.1) is 0 Å². The second kappa shape index (κ2) is 4.55. The molecule has 2 rings (SSSR count). The van der Waals surface area contributed by atoms with Gasteiger partial charge in [-0.1, -0.05) is 0 Å². The highest BCUT2D eigenvalue weighted by atomic mass is 127. The molecule has 1 aromatic heterocycles. The topological polar surface area (TPSA) is 33.5 Å². The molecule has 0 aliphatic carbocycles. The molecule has 0 spiro atoms. The number of hydrogen-bond donors (Lipinski definition) is 0. The highest BCUT2D eigenvalue weighted by Gasteiger charge is 2.25. The molecule has 0 bridgehead atoms. The number of carbonyl (C=O) groups excluding carboxylic acids is 1. The molecule has 1 saturated heterocycles. The largest absolute Gasteiger partial charge is 0.445 e. The van der Waals surface area contributed by atoms with Crippen molar-refractivity contribution in [1.82, 2.24) is 4.90 Å². The number of carbonyl (C=O) groups is 1. The lowest BCUT2D eigenvalue weighted by Gasteiger charge is -2.32. The number of rotatable bonds is 1. The minimum absolute atomic E-state index is 0.0325. The summed E-state index contributed by atoms with van der Waals surface area (Å²) >= 11 is 2.07. The van der Waals surface area contributed by atoms with Gasteiger partial charge in [0.15, 0.2) is 9.53 Å². The minimum Gasteiger partial charge on any atom is -0.445 e. The average Bonchev–Trinajstić information content (AvgIpc) is 2.65. The molecule has 1 amide bonds. The third-order valence-corrected chi connectivity index (χ3v) is 3.43. The monoisotopic (exact) mass is 319 g/mol. The molecule has 2 heterocycles. The summed E-state index contributed by atoms with van der Waals surface area (Å²) in [5.74, 6) is 0.498. The molecule has 0 radical (unpaired) electrons. The lowest BCUT2D eigenvalue weighted by molar-refractivity contribution is 0.0601. The Morgan fingerprint density at radius 3 is 2.93 bits per heavy atom. The van der Waals surface area contributed by atoms with E-state index in [1.165, 1.54) is 6.42 Å². The Balaban J connectivity index is 2.13. The summed E-state index contributed by atoms with van der Waals surface area (Å²) in [4.78, 5) is 14.0. The summed E-state index contributed by atoms with van der Waals surface area (Å²) in [7, 11) is 0. The maximum absolute atomic E-state index is 12.1. The first-order valence-corrected chi connectivity index (χ1v) is 6.32. The fourth-order valence-corrected chi connectivity index (χ4v) is 2.39. The van der Waals surface area contributed by atoms with E-state index in [-0.39, 0.29) is 5.91 Å². The zero-order chi connectivity index (χ0) is 10.8. The van der Waals surface area contributed by atoms with E-state index in [2.05, 4.69) is 29.5 Å². The summed E-state index contributed by atoms with van der Waals surface area (Å²) in [6, 6.07) is 3.92. The van der Waals surface area contributed by atoms with Crippen molar-refractivity contribution in [1.29, 1.82) is 0 Å². The van der Waals surface area contributed by atoms with Crippen molar-refractivity contribution in [2.24, 2.45) is 0 Å². The van der Waals surface area contributed by atoms with Crippen LogP contribution in [-0.2, 0) is 0 Å². The molecule has 1 atom stereocenters. The van der Waals surface area contributed by atoms with E-state index in [1.54, 1.807) is 6.07 Å². The van der Waals surface area contributed by atoms with Gasteiger partial charge in [0.1, 0.15) is 0 Å². The second-order valence-corrected chi connectivity index (χ2v) is 5.01. The number of likely N-dealkylation sites (tertiary alicyclic amines) is 1. The minimum atomic E-state index is 0.0325. The summed E-state index contributed by atoms with van der Waals surface area (Å²) < 4.78 is 6.11. The normalized spacial score (nSPS) is 21.7. The molecule has 0 N–H and O–H groups in total. The van der Waals surface area contributed by atoms with Gasteiger partial charge in [-0.2, -0.15) is 0 Å². The van der Waals surface area contributed by atoms with Crippen molar-refractivity contribution in [3.8, 4) is 0 Å². The van der Waals surface area contributed by atoms with Gasteiger partial charge < -0.3 is 9.32 Å². The number of nitrogens with zero attached hydrogens (tertiary/aromatic N) is 1. The van der Waals surface area contributed by atoms with Crippen LogP contribution in [0.5, 0.6) is 0 Å². The second-order valence-electron chi connectivity index (χ2n) is 3.95. The molecule has 1 fully saturated rings. The van der Waals surface area contributed by atoms with Gasteiger partial charge in [0.25, 0.3) is 5.91 Å². The lowest BCUT2D eigenvalue weighted by atomic mass is 10.0. The van der Waals surface area contributed by atoms with E-state index in [0.29, 0.717) is 11.8 Å². The van der Waals surface area contributed by atoms with Crippen LogP contribution in [0.2, 0.25) is 0 Å². The molecular weight excluding hydrogens is 305 g/mol. The van der Waals surface area contributed by atoms with E-state index < -0.39 is 0 Å². The molecule has 1 unspecified atom stereocenters. The standard InChI is InChI=1S/C11H14INO2/c1-8-4-2-3-7-13(8)11(14)9-5-6-10(12)15-9/h5-6,8H,2-4,7H2,1H3. The Bertz CT molecular complexity index is 361. The number of furan rings is 1. The Morgan fingerprint density at radius 1 is 1.53 bits per heavy atom. The first-order valence-electron chi connectivity index (χ1n) is 5.25. The highest BCUT2D eigenvalue weighted by molar-refractivity contribution is 14.1. The maximum atomic E-state index is 12.1. The Morgan fingerprint density at radius 2 is 2.33 bits per heavy atom. The Hall–Kier alpha value is -0.520. The highest BCUT2D eigenvalue weighted by Crippen LogP contribution is 2.20. The van der Waals surface area contributed by atoms with Crippen molar-refractivity contribution in [2.45, 2.75) is 32.2 Å². The van der Waals surface area contributed by atoms with Crippen LogP contribution in [0.1, 0.15) is 36.7 Å². The van der Waals surface area contributed by atoms with Crippen molar-refractivity contribution < 1.29 is 9.21 Å². The Labute approximate surface area is 103 Å².